The van der Waals surface area contributed by atoms with E-state index < -0.39 is 5.91 Å². The van der Waals surface area contributed by atoms with Crippen molar-refractivity contribution in [3.63, 3.8) is 0 Å². The normalized spacial score (nSPS) is 11.1. The molecule has 8 heteroatoms. The van der Waals surface area contributed by atoms with Crippen LogP contribution in [0.4, 0.5) is 0 Å². The van der Waals surface area contributed by atoms with Gasteiger partial charge in [-0.05, 0) is 53.4 Å². The number of amides is 1. The van der Waals surface area contributed by atoms with E-state index in [1.54, 1.807) is 18.6 Å². The SMILES string of the molecule is O=C(NN=Cc1ccc(OCCNCc2ccncc2)c2ccccc12)c1ccc(O)c(Cl)c1. The van der Waals surface area contributed by atoms with Gasteiger partial charge in [0.05, 0.1) is 11.2 Å². The molecule has 172 valence electrons. The second kappa shape index (κ2) is 11.3. The number of phenols is 1. The first-order chi connectivity index (χ1) is 16.6. The number of carbonyl (C=O) groups is 1. The molecule has 4 rings (SSSR count). The van der Waals surface area contributed by atoms with E-state index in [0.717, 1.165) is 28.6 Å². The Morgan fingerprint density at radius 3 is 2.65 bits per heavy atom. The fourth-order valence-corrected chi connectivity index (χ4v) is 3.55. The monoisotopic (exact) mass is 474 g/mol. The smallest absolute Gasteiger partial charge is 0.271 e. The fourth-order valence-electron chi connectivity index (χ4n) is 3.37. The van der Waals surface area contributed by atoms with Gasteiger partial charge in [-0.25, -0.2) is 5.43 Å². The van der Waals surface area contributed by atoms with Gasteiger partial charge in [0, 0.05) is 42.0 Å². The molecule has 34 heavy (non-hydrogen) atoms. The van der Waals surface area contributed by atoms with E-state index in [0.29, 0.717) is 18.7 Å². The van der Waals surface area contributed by atoms with Gasteiger partial charge in [-0.3, -0.25) is 9.78 Å². The Morgan fingerprint density at radius 2 is 1.85 bits per heavy atom. The number of phenolic OH excluding ortho intramolecular Hbond substituents is 1. The minimum Gasteiger partial charge on any atom is -0.506 e. The molecular weight excluding hydrogens is 452 g/mol. The van der Waals surface area contributed by atoms with Crippen molar-refractivity contribution in [1.82, 2.24) is 15.7 Å². The summed E-state index contributed by atoms with van der Waals surface area (Å²) in [4.78, 5) is 16.3. The van der Waals surface area contributed by atoms with E-state index in [9.17, 15) is 9.90 Å². The molecule has 0 fully saturated rings. The van der Waals surface area contributed by atoms with Gasteiger partial charge < -0.3 is 15.2 Å². The lowest BCUT2D eigenvalue weighted by atomic mass is 10.0. The number of fused-ring (bicyclic) bond motifs is 1. The van der Waals surface area contributed by atoms with Crippen molar-refractivity contribution in [2.24, 2.45) is 5.10 Å². The van der Waals surface area contributed by atoms with Crippen molar-refractivity contribution in [3.05, 3.63) is 101 Å². The Kier molecular flexibility index (Phi) is 7.70. The van der Waals surface area contributed by atoms with Crippen molar-refractivity contribution in [3.8, 4) is 11.5 Å². The van der Waals surface area contributed by atoms with Crippen LogP contribution >= 0.6 is 11.6 Å². The third-order valence-electron chi connectivity index (χ3n) is 5.11. The van der Waals surface area contributed by atoms with E-state index in [1.165, 1.54) is 23.8 Å². The van der Waals surface area contributed by atoms with E-state index in [4.69, 9.17) is 16.3 Å². The molecule has 0 aliphatic rings. The Balaban J connectivity index is 1.38. The van der Waals surface area contributed by atoms with Crippen molar-refractivity contribution in [1.29, 1.82) is 0 Å². The zero-order valence-corrected chi connectivity index (χ0v) is 19.0. The average molecular weight is 475 g/mol. The number of nitrogens with zero attached hydrogens (tertiary/aromatic N) is 2. The molecule has 3 aromatic carbocycles. The molecule has 0 bridgehead atoms. The number of pyridine rings is 1. The third-order valence-corrected chi connectivity index (χ3v) is 5.42. The molecule has 3 N–H and O–H groups in total. The lowest BCUT2D eigenvalue weighted by Gasteiger charge is -2.12. The number of halogens is 1. The number of carbonyl (C=O) groups excluding carboxylic acids is 1. The highest BCUT2D eigenvalue weighted by Crippen LogP contribution is 2.28. The first-order valence-corrected chi connectivity index (χ1v) is 11.1. The molecule has 0 aliphatic carbocycles. The zero-order valence-electron chi connectivity index (χ0n) is 18.2. The van der Waals surface area contributed by atoms with Gasteiger partial charge in [0.1, 0.15) is 18.1 Å². The minimum absolute atomic E-state index is 0.0833. The number of nitrogens with one attached hydrogen (secondary N) is 2. The summed E-state index contributed by atoms with van der Waals surface area (Å²) in [6, 6.07) is 19.8. The Morgan fingerprint density at radius 1 is 1.06 bits per heavy atom. The summed E-state index contributed by atoms with van der Waals surface area (Å²) in [5.41, 5.74) is 4.79. The molecule has 0 saturated heterocycles. The molecule has 4 aromatic rings. The van der Waals surface area contributed by atoms with Gasteiger partial charge in [0.25, 0.3) is 5.91 Å². The average Bonchev–Trinajstić information content (AvgIpc) is 2.87. The number of hydrogen-bond acceptors (Lipinski definition) is 6. The number of aromatic nitrogens is 1. The molecule has 1 aromatic heterocycles. The predicted octanol–water partition coefficient (Wildman–Crippen LogP) is 4.53. The Labute approximate surface area is 202 Å². The number of aromatic hydroxyl groups is 1. The Bertz CT molecular complexity index is 1310. The third kappa shape index (κ3) is 5.89. The molecule has 0 unspecified atom stereocenters. The summed E-state index contributed by atoms with van der Waals surface area (Å²) >= 11 is 5.86. The van der Waals surface area contributed by atoms with Gasteiger partial charge in [-0.1, -0.05) is 35.9 Å². The van der Waals surface area contributed by atoms with Gasteiger partial charge in [0.2, 0.25) is 0 Å². The maximum atomic E-state index is 12.3. The molecule has 0 radical (unpaired) electrons. The molecule has 0 saturated carbocycles. The topological polar surface area (TPSA) is 95.8 Å². The summed E-state index contributed by atoms with van der Waals surface area (Å²) in [5.74, 6) is 0.267. The molecule has 0 atom stereocenters. The van der Waals surface area contributed by atoms with Gasteiger partial charge >= 0.3 is 0 Å². The van der Waals surface area contributed by atoms with Crippen molar-refractivity contribution >= 4 is 34.5 Å². The highest BCUT2D eigenvalue weighted by atomic mass is 35.5. The highest BCUT2D eigenvalue weighted by Gasteiger charge is 2.08. The molecule has 7 nitrogen and oxygen atoms in total. The highest BCUT2D eigenvalue weighted by molar-refractivity contribution is 6.32. The Hall–Kier alpha value is -3.94. The number of rotatable bonds is 9. The number of benzene rings is 3. The summed E-state index contributed by atoms with van der Waals surface area (Å²) in [6.07, 6.45) is 5.14. The largest absolute Gasteiger partial charge is 0.506 e. The van der Waals surface area contributed by atoms with Crippen LogP contribution in [-0.4, -0.2) is 35.4 Å². The molecule has 0 aliphatic heterocycles. The maximum absolute atomic E-state index is 12.3. The van der Waals surface area contributed by atoms with Crippen LogP contribution < -0.4 is 15.5 Å². The predicted molar refractivity (Wildman–Crippen MR) is 134 cm³/mol. The minimum atomic E-state index is -0.429. The van der Waals surface area contributed by atoms with Gasteiger partial charge in [0.15, 0.2) is 0 Å². The zero-order chi connectivity index (χ0) is 23.8. The quantitative estimate of drug-likeness (QED) is 0.188. The number of hydrogen-bond donors (Lipinski definition) is 3. The number of ether oxygens (including phenoxy) is 1. The van der Waals surface area contributed by atoms with E-state index in [-0.39, 0.29) is 10.8 Å². The number of hydrazone groups is 1. The summed E-state index contributed by atoms with van der Waals surface area (Å²) in [7, 11) is 0. The molecule has 0 spiro atoms. The van der Waals surface area contributed by atoms with Crippen LogP contribution in [0, 0.1) is 0 Å². The molecule has 1 heterocycles. The van der Waals surface area contributed by atoms with E-state index >= 15 is 0 Å². The lowest BCUT2D eigenvalue weighted by Crippen LogP contribution is -2.20. The first kappa shape index (κ1) is 23.2. The van der Waals surface area contributed by atoms with Crippen LogP contribution in [0.15, 0.2) is 84.2 Å². The van der Waals surface area contributed by atoms with Crippen LogP contribution in [0.2, 0.25) is 5.02 Å². The standard InChI is InChI=1S/C26H23ClN4O3/c27-23-15-19(5-7-24(23)32)26(33)31-30-17-20-6-8-25(22-4-2-1-3-21(20)22)34-14-13-29-16-18-9-11-28-12-10-18/h1-12,15,17,29,32H,13-14,16H2,(H,31,33). The van der Waals surface area contributed by atoms with Crippen molar-refractivity contribution < 1.29 is 14.6 Å². The lowest BCUT2D eigenvalue weighted by molar-refractivity contribution is 0.0955. The maximum Gasteiger partial charge on any atom is 0.271 e. The van der Waals surface area contributed by atoms with Crippen LogP contribution in [0.3, 0.4) is 0 Å². The molecular formula is C26H23ClN4O3. The van der Waals surface area contributed by atoms with Crippen molar-refractivity contribution in [2.45, 2.75) is 6.54 Å². The van der Waals surface area contributed by atoms with Gasteiger partial charge in [-0.2, -0.15) is 5.10 Å². The van der Waals surface area contributed by atoms with Crippen LogP contribution in [0.5, 0.6) is 11.5 Å². The van der Waals surface area contributed by atoms with Gasteiger partial charge in [-0.15, -0.1) is 0 Å². The van der Waals surface area contributed by atoms with Crippen LogP contribution in [-0.2, 0) is 6.54 Å². The first-order valence-electron chi connectivity index (χ1n) is 10.7. The van der Waals surface area contributed by atoms with Crippen LogP contribution in [0.1, 0.15) is 21.5 Å². The summed E-state index contributed by atoms with van der Waals surface area (Å²) in [6.45, 7) is 1.98. The van der Waals surface area contributed by atoms with Crippen molar-refractivity contribution in [2.75, 3.05) is 13.2 Å². The van der Waals surface area contributed by atoms with Crippen LogP contribution in [0.25, 0.3) is 10.8 Å². The van der Waals surface area contributed by atoms with E-state index in [2.05, 4.69) is 20.8 Å². The fraction of sp³-hybridized carbons (Fsp3) is 0.115. The molecule has 1 amide bonds. The second-order valence-electron chi connectivity index (χ2n) is 7.44. The summed E-state index contributed by atoms with van der Waals surface area (Å²) < 4.78 is 6.01. The second-order valence-corrected chi connectivity index (χ2v) is 7.85. The van der Waals surface area contributed by atoms with E-state index in [1.807, 2.05) is 48.5 Å². The summed E-state index contributed by atoms with van der Waals surface area (Å²) in [5, 5.41) is 18.9.